The zero-order chi connectivity index (χ0) is 9.97. The minimum Gasteiger partial charge on any atom is -0.312 e. The lowest BCUT2D eigenvalue weighted by Crippen LogP contribution is -2.14. The summed E-state index contributed by atoms with van der Waals surface area (Å²) in [5.41, 5.74) is 2.48. The first-order valence-electron chi connectivity index (χ1n) is 3.90. The summed E-state index contributed by atoms with van der Waals surface area (Å²) in [7, 11) is 0. The molecule has 2 aromatic heterocycles. The zero-order valence-electron chi connectivity index (χ0n) is 7.07. The van der Waals surface area contributed by atoms with Crippen LogP contribution in [0.1, 0.15) is 0 Å². The summed E-state index contributed by atoms with van der Waals surface area (Å²) in [6.07, 6.45) is 4.85. The average Bonchev–Trinajstić information content (AvgIpc) is 2.66. The molecular formula is C8H7ClN4O. The van der Waals surface area contributed by atoms with Crippen molar-refractivity contribution in [2.75, 3.05) is 5.43 Å². The third-order valence-electron chi connectivity index (χ3n) is 1.64. The monoisotopic (exact) mass is 210 g/mol. The Bertz CT molecular complexity index is 476. The molecule has 0 amide bonds. The quantitative estimate of drug-likeness (QED) is 0.780. The second-order valence-electron chi connectivity index (χ2n) is 2.60. The fourth-order valence-corrected chi connectivity index (χ4v) is 1.14. The molecule has 2 N–H and O–H groups in total. The van der Waals surface area contributed by atoms with E-state index in [0.717, 1.165) is 0 Å². The van der Waals surface area contributed by atoms with Crippen LogP contribution in [0.5, 0.6) is 0 Å². The Labute approximate surface area is 84.3 Å². The van der Waals surface area contributed by atoms with Crippen LogP contribution in [0, 0.1) is 0 Å². The summed E-state index contributed by atoms with van der Waals surface area (Å²) in [5, 5.41) is 0.0428. The van der Waals surface area contributed by atoms with Gasteiger partial charge in [-0.1, -0.05) is 11.6 Å². The molecule has 0 radical (unpaired) electrons. The molecule has 5 nitrogen and oxygen atoms in total. The lowest BCUT2D eigenvalue weighted by atomic mass is 10.6. The highest BCUT2D eigenvalue weighted by atomic mass is 35.5. The molecule has 0 bridgehead atoms. The van der Waals surface area contributed by atoms with Crippen molar-refractivity contribution in [3.05, 3.63) is 46.2 Å². The molecule has 0 aromatic carbocycles. The van der Waals surface area contributed by atoms with Crippen LogP contribution in [0.2, 0.25) is 5.02 Å². The van der Waals surface area contributed by atoms with E-state index >= 15 is 0 Å². The fourth-order valence-electron chi connectivity index (χ4n) is 0.992. The minimum absolute atomic E-state index is 0.0428. The molecule has 0 spiro atoms. The Balaban J connectivity index is 2.34. The predicted octanol–water partition coefficient (Wildman–Crippen LogP) is 1.10. The fraction of sp³-hybridized carbons (Fsp3) is 0. The third kappa shape index (κ3) is 1.62. The maximum absolute atomic E-state index is 11.1. The topological polar surface area (TPSA) is 62.7 Å². The highest BCUT2D eigenvalue weighted by Gasteiger charge is 2.04. The highest BCUT2D eigenvalue weighted by molar-refractivity contribution is 6.32. The van der Waals surface area contributed by atoms with E-state index in [-0.39, 0.29) is 10.6 Å². The van der Waals surface area contributed by atoms with Crippen LogP contribution in [-0.4, -0.2) is 14.6 Å². The largest absolute Gasteiger partial charge is 0.312 e. The normalized spacial score (nSPS) is 10.1. The highest BCUT2D eigenvalue weighted by Crippen LogP contribution is 2.11. The first-order valence-corrected chi connectivity index (χ1v) is 4.28. The van der Waals surface area contributed by atoms with E-state index in [1.807, 2.05) is 12.1 Å². The molecular weight excluding hydrogens is 204 g/mol. The van der Waals surface area contributed by atoms with Gasteiger partial charge in [-0.05, 0) is 12.1 Å². The zero-order valence-corrected chi connectivity index (χ0v) is 7.82. The van der Waals surface area contributed by atoms with Gasteiger partial charge in [0.2, 0.25) is 0 Å². The van der Waals surface area contributed by atoms with Gasteiger partial charge >= 0.3 is 0 Å². The molecule has 0 aliphatic rings. The Hall–Kier alpha value is -1.75. The second-order valence-corrected chi connectivity index (χ2v) is 2.97. The van der Waals surface area contributed by atoms with Crippen LogP contribution >= 0.6 is 11.6 Å². The SMILES string of the molecule is O=c1[nH]cnc(Nn2cccc2)c1Cl. The summed E-state index contributed by atoms with van der Waals surface area (Å²) < 4.78 is 1.65. The van der Waals surface area contributed by atoms with Gasteiger partial charge in [-0.25, -0.2) is 4.98 Å². The molecule has 14 heavy (non-hydrogen) atoms. The number of H-pyrrole nitrogens is 1. The Kier molecular flexibility index (Phi) is 2.24. The molecule has 0 saturated carbocycles. The van der Waals surface area contributed by atoms with Crippen molar-refractivity contribution >= 4 is 17.4 Å². The van der Waals surface area contributed by atoms with Crippen LogP contribution in [0.4, 0.5) is 5.82 Å². The summed E-state index contributed by atoms with van der Waals surface area (Å²) >= 11 is 5.73. The number of nitrogens with zero attached hydrogens (tertiary/aromatic N) is 2. The summed E-state index contributed by atoms with van der Waals surface area (Å²) in [4.78, 5) is 17.4. The van der Waals surface area contributed by atoms with E-state index in [4.69, 9.17) is 11.6 Å². The van der Waals surface area contributed by atoms with Crippen molar-refractivity contribution in [1.82, 2.24) is 14.6 Å². The summed E-state index contributed by atoms with van der Waals surface area (Å²) in [6.45, 7) is 0. The van der Waals surface area contributed by atoms with Crippen molar-refractivity contribution in [3.63, 3.8) is 0 Å². The lowest BCUT2D eigenvalue weighted by molar-refractivity contribution is 0.942. The molecule has 0 saturated heterocycles. The first-order chi connectivity index (χ1) is 6.77. The molecule has 2 heterocycles. The number of aromatic amines is 1. The maximum Gasteiger partial charge on any atom is 0.271 e. The Morgan fingerprint density at radius 3 is 2.86 bits per heavy atom. The average molecular weight is 211 g/mol. The van der Waals surface area contributed by atoms with Crippen molar-refractivity contribution in [3.8, 4) is 0 Å². The molecule has 72 valence electrons. The number of aromatic nitrogens is 3. The van der Waals surface area contributed by atoms with Crippen LogP contribution in [0.15, 0.2) is 35.6 Å². The molecule has 0 unspecified atom stereocenters. The number of rotatable bonds is 2. The third-order valence-corrected chi connectivity index (χ3v) is 1.99. The first kappa shape index (κ1) is 8.83. The van der Waals surface area contributed by atoms with E-state index < -0.39 is 0 Å². The van der Waals surface area contributed by atoms with E-state index in [2.05, 4.69) is 15.4 Å². The molecule has 6 heteroatoms. The molecule has 0 aliphatic heterocycles. The molecule has 0 atom stereocenters. The van der Waals surface area contributed by atoms with Crippen molar-refractivity contribution < 1.29 is 0 Å². The molecule has 0 fully saturated rings. The molecule has 0 aliphatic carbocycles. The van der Waals surface area contributed by atoms with Crippen LogP contribution in [0.25, 0.3) is 0 Å². The summed E-state index contributed by atoms with van der Waals surface area (Å²) in [6, 6.07) is 3.68. The summed E-state index contributed by atoms with van der Waals surface area (Å²) in [5.74, 6) is 0.326. The van der Waals surface area contributed by atoms with Gasteiger partial charge in [0.05, 0.1) is 6.33 Å². The standard InChI is InChI=1S/C8H7ClN4O/c9-6-7(10-5-11-8(6)14)12-13-3-1-2-4-13/h1-5H,(H2,10,11,12,14). The van der Waals surface area contributed by atoms with E-state index in [9.17, 15) is 4.79 Å². The number of nitrogens with one attached hydrogen (secondary N) is 2. The molecule has 2 aromatic rings. The second kappa shape index (κ2) is 3.55. The van der Waals surface area contributed by atoms with Crippen LogP contribution in [-0.2, 0) is 0 Å². The van der Waals surface area contributed by atoms with Gasteiger partial charge in [-0.3, -0.25) is 14.9 Å². The van der Waals surface area contributed by atoms with Gasteiger partial charge in [0.1, 0.15) is 5.02 Å². The lowest BCUT2D eigenvalue weighted by Gasteiger charge is -2.06. The Morgan fingerprint density at radius 1 is 1.43 bits per heavy atom. The smallest absolute Gasteiger partial charge is 0.271 e. The van der Waals surface area contributed by atoms with Crippen molar-refractivity contribution in [2.45, 2.75) is 0 Å². The van der Waals surface area contributed by atoms with Gasteiger partial charge in [0.25, 0.3) is 5.56 Å². The minimum atomic E-state index is -0.365. The van der Waals surface area contributed by atoms with Gasteiger partial charge in [0.15, 0.2) is 5.82 Å². The van der Waals surface area contributed by atoms with E-state index in [1.54, 1.807) is 17.1 Å². The van der Waals surface area contributed by atoms with Crippen LogP contribution in [0.3, 0.4) is 0 Å². The van der Waals surface area contributed by atoms with Gasteiger partial charge in [0, 0.05) is 12.4 Å². The van der Waals surface area contributed by atoms with Crippen LogP contribution < -0.4 is 11.0 Å². The maximum atomic E-state index is 11.1. The van der Waals surface area contributed by atoms with Crippen molar-refractivity contribution in [1.29, 1.82) is 0 Å². The van der Waals surface area contributed by atoms with Gasteiger partial charge in [-0.2, -0.15) is 0 Å². The van der Waals surface area contributed by atoms with E-state index in [0.29, 0.717) is 5.82 Å². The van der Waals surface area contributed by atoms with Gasteiger partial charge < -0.3 is 4.98 Å². The predicted molar refractivity (Wildman–Crippen MR) is 53.3 cm³/mol. The van der Waals surface area contributed by atoms with Gasteiger partial charge in [-0.15, -0.1) is 0 Å². The van der Waals surface area contributed by atoms with E-state index in [1.165, 1.54) is 6.33 Å². The number of hydrogen-bond donors (Lipinski definition) is 2. The van der Waals surface area contributed by atoms with Crippen molar-refractivity contribution in [2.24, 2.45) is 0 Å². The molecule has 2 rings (SSSR count). The number of anilines is 1. The number of halogens is 1. The Morgan fingerprint density at radius 2 is 2.14 bits per heavy atom. The number of hydrogen-bond acceptors (Lipinski definition) is 3.